The second-order valence-electron chi connectivity index (χ2n) is 6.58. The van der Waals surface area contributed by atoms with Crippen molar-refractivity contribution in [2.75, 3.05) is 40.3 Å². The van der Waals surface area contributed by atoms with Crippen LogP contribution in [0.1, 0.15) is 19.3 Å². The molecular weight excluding hydrogens is 345 g/mol. The first kappa shape index (κ1) is 19.8. The molecule has 1 aromatic carbocycles. The Balaban J connectivity index is 1.84. The summed E-state index contributed by atoms with van der Waals surface area (Å²) in [4.78, 5) is 14.3. The van der Waals surface area contributed by atoms with Crippen molar-refractivity contribution in [2.45, 2.75) is 24.2 Å². The minimum absolute atomic E-state index is 0.00223. The van der Waals surface area contributed by atoms with Crippen molar-refractivity contribution in [1.29, 1.82) is 0 Å². The molecule has 0 atom stereocenters. The SMILES string of the molecule is CN(C)CCCNC(=O)C1CCN(S(=O)(=O)c2ccc(F)cc2)CC1. The van der Waals surface area contributed by atoms with E-state index in [0.717, 1.165) is 25.1 Å². The minimum Gasteiger partial charge on any atom is -0.356 e. The summed E-state index contributed by atoms with van der Waals surface area (Å²) in [5, 5.41) is 2.92. The Hall–Kier alpha value is -1.51. The topological polar surface area (TPSA) is 69.7 Å². The average molecular weight is 371 g/mol. The van der Waals surface area contributed by atoms with Crippen LogP contribution in [0.3, 0.4) is 0 Å². The van der Waals surface area contributed by atoms with Gasteiger partial charge in [-0.25, -0.2) is 12.8 Å². The number of halogens is 1. The fourth-order valence-electron chi connectivity index (χ4n) is 2.87. The molecule has 0 aromatic heterocycles. The van der Waals surface area contributed by atoms with Crippen LogP contribution in [0.5, 0.6) is 0 Å². The smallest absolute Gasteiger partial charge is 0.243 e. The first-order valence-corrected chi connectivity index (χ1v) is 9.93. The third-order valence-electron chi connectivity index (χ3n) is 4.36. The van der Waals surface area contributed by atoms with Gasteiger partial charge < -0.3 is 10.2 Å². The molecule has 25 heavy (non-hydrogen) atoms. The molecule has 1 amide bonds. The van der Waals surface area contributed by atoms with Crippen molar-refractivity contribution in [3.63, 3.8) is 0 Å². The van der Waals surface area contributed by atoms with E-state index in [1.807, 2.05) is 14.1 Å². The lowest BCUT2D eigenvalue weighted by Gasteiger charge is -2.30. The number of nitrogens with zero attached hydrogens (tertiary/aromatic N) is 2. The maximum Gasteiger partial charge on any atom is 0.243 e. The van der Waals surface area contributed by atoms with E-state index in [-0.39, 0.29) is 16.7 Å². The van der Waals surface area contributed by atoms with Gasteiger partial charge in [-0.3, -0.25) is 4.79 Å². The number of hydrogen-bond donors (Lipinski definition) is 1. The van der Waals surface area contributed by atoms with Gasteiger partial charge in [0.05, 0.1) is 4.90 Å². The fraction of sp³-hybridized carbons (Fsp3) is 0.588. The number of piperidine rings is 1. The highest BCUT2D eigenvalue weighted by Gasteiger charge is 2.31. The van der Waals surface area contributed by atoms with Gasteiger partial charge in [-0.2, -0.15) is 4.31 Å². The quantitative estimate of drug-likeness (QED) is 0.734. The number of rotatable bonds is 7. The van der Waals surface area contributed by atoms with Crippen LogP contribution in [-0.2, 0) is 14.8 Å². The molecule has 0 aliphatic carbocycles. The lowest BCUT2D eigenvalue weighted by atomic mass is 9.97. The molecule has 0 spiro atoms. The monoisotopic (exact) mass is 371 g/mol. The summed E-state index contributed by atoms with van der Waals surface area (Å²) in [6, 6.07) is 4.82. The third kappa shape index (κ3) is 5.49. The summed E-state index contributed by atoms with van der Waals surface area (Å²) >= 11 is 0. The van der Waals surface area contributed by atoms with E-state index < -0.39 is 15.8 Å². The van der Waals surface area contributed by atoms with E-state index >= 15 is 0 Å². The fourth-order valence-corrected chi connectivity index (χ4v) is 4.33. The lowest BCUT2D eigenvalue weighted by Crippen LogP contribution is -2.43. The van der Waals surface area contributed by atoms with E-state index in [4.69, 9.17) is 0 Å². The van der Waals surface area contributed by atoms with Gasteiger partial charge in [0.25, 0.3) is 0 Å². The first-order chi connectivity index (χ1) is 11.8. The Labute approximate surface area is 149 Å². The molecule has 1 aliphatic heterocycles. The summed E-state index contributed by atoms with van der Waals surface area (Å²) in [5.74, 6) is -0.625. The second kappa shape index (κ2) is 8.73. The first-order valence-electron chi connectivity index (χ1n) is 8.49. The van der Waals surface area contributed by atoms with Crippen molar-refractivity contribution < 1.29 is 17.6 Å². The van der Waals surface area contributed by atoms with E-state index in [9.17, 15) is 17.6 Å². The summed E-state index contributed by atoms with van der Waals surface area (Å²) in [7, 11) is 0.342. The molecule has 0 radical (unpaired) electrons. The van der Waals surface area contributed by atoms with Crippen molar-refractivity contribution in [2.24, 2.45) is 5.92 Å². The van der Waals surface area contributed by atoms with Gasteiger partial charge >= 0.3 is 0 Å². The van der Waals surface area contributed by atoms with Crippen LogP contribution in [0.2, 0.25) is 0 Å². The van der Waals surface area contributed by atoms with Gasteiger partial charge in [-0.1, -0.05) is 0 Å². The molecule has 6 nitrogen and oxygen atoms in total. The van der Waals surface area contributed by atoms with E-state index in [0.29, 0.717) is 32.5 Å². The van der Waals surface area contributed by atoms with Gasteiger partial charge in [0, 0.05) is 25.6 Å². The Morgan fingerprint density at radius 1 is 1.24 bits per heavy atom. The maximum absolute atomic E-state index is 13.0. The summed E-state index contributed by atoms with van der Waals surface area (Å²) in [5.41, 5.74) is 0. The predicted octanol–water partition coefficient (Wildman–Crippen LogP) is 1.29. The molecule has 1 aromatic rings. The van der Waals surface area contributed by atoms with Crippen molar-refractivity contribution >= 4 is 15.9 Å². The highest BCUT2D eigenvalue weighted by atomic mass is 32.2. The predicted molar refractivity (Wildman–Crippen MR) is 94.1 cm³/mol. The molecule has 1 N–H and O–H groups in total. The third-order valence-corrected chi connectivity index (χ3v) is 6.27. The van der Waals surface area contributed by atoms with Crippen LogP contribution in [0.25, 0.3) is 0 Å². The van der Waals surface area contributed by atoms with Gasteiger partial charge in [0.1, 0.15) is 5.82 Å². The second-order valence-corrected chi connectivity index (χ2v) is 8.52. The van der Waals surface area contributed by atoms with Gasteiger partial charge in [-0.15, -0.1) is 0 Å². The molecule has 0 unspecified atom stereocenters. The summed E-state index contributed by atoms with van der Waals surface area (Å²) in [6.07, 6.45) is 1.89. The molecular formula is C17H26FN3O3S. The average Bonchev–Trinajstić information content (AvgIpc) is 2.59. The number of carbonyl (C=O) groups excluding carboxylic acids is 1. The Morgan fingerprint density at radius 3 is 2.40 bits per heavy atom. The lowest BCUT2D eigenvalue weighted by molar-refractivity contribution is -0.126. The molecule has 140 valence electrons. The zero-order chi connectivity index (χ0) is 18.4. The molecule has 1 aliphatic rings. The van der Waals surface area contributed by atoms with E-state index in [1.54, 1.807) is 0 Å². The largest absolute Gasteiger partial charge is 0.356 e. The number of nitrogens with one attached hydrogen (secondary N) is 1. The number of sulfonamides is 1. The maximum atomic E-state index is 13.0. The van der Waals surface area contributed by atoms with Crippen LogP contribution in [0, 0.1) is 11.7 Å². The highest BCUT2D eigenvalue weighted by Crippen LogP contribution is 2.24. The minimum atomic E-state index is -3.63. The van der Waals surface area contributed by atoms with Crippen LogP contribution < -0.4 is 5.32 Å². The Bertz CT molecular complexity index is 669. The molecule has 0 bridgehead atoms. The number of amides is 1. The zero-order valence-corrected chi connectivity index (χ0v) is 15.6. The zero-order valence-electron chi connectivity index (χ0n) is 14.7. The van der Waals surface area contributed by atoms with Crippen LogP contribution in [0.15, 0.2) is 29.2 Å². The van der Waals surface area contributed by atoms with Gasteiger partial charge in [0.2, 0.25) is 15.9 Å². The normalized spacial score (nSPS) is 17.0. The van der Waals surface area contributed by atoms with Crippen LogP contribution >= 0.6 is 0 Å². The molecule has 0 saturated carbocycles. The van der Waals surface area contributed by atoms with Gasteiger partial charge in [-0.05, 0) is 64.2 Å². The molecule has 8 heteroatoms. The molecule has 1 saturated heterocycles. The van der Waals surface area contributed by atoms with E-state index in [1.165, 1.54) is 16.4 Å². The highest BCUT2D eigenvalue weighted by molar-refractivity contribution is 7.89. The summed E-state index contributed by atoms with van der Waals surface area (Å²) in [6.45, 7) is 2.14. The Morgan fingerprint density at radius 2 is 1.84 bits per heavy atom. The molecule has 1 fully saturated rings. The van der Waals surface area contributed by atoms with Gasteiger partial charge in [0.15, 0.2) is 0 Å². The summed E-state index contributed by atoms with van der Waals surface area (Å²) < 4.78 is 39.4. The number of hydrogen-bond acceptors (Lipinski definition) is 4. The number of benzene rings is 1. The van der Waals surface area contributed by atoms with Crippen LogP contribution in [-0.4, -0.2) is 63.8 Å². The van der Waals surface area contributed by atoms with E-state index in [2.05, 4.69) is 10.2 Å². The van der Waals surface area contributed by atoms with Crippen molar-refractivity contribution in [1.82, 2.24) is 14.5 Å². The van der Waals surface area contributed by atoms with Crippen molar-refractivity contribution in [3.05, 3.63) is 30.1 Å². The standard InChI is InChI=1S/C17H26FN3O3S/c1-20(2)11-3-10-19-17(22)14-8-12-21(13-9-14)25(23,24)16-6-4-15(18)5-7-16/h4-7,14H,3,8-13H2,1-2H3,(H,19,22). The molecule has 2 rings (SSSR count). The molecule has 1 heterocycles. The van der Waals surface area contributed by atoms with Crippen molar-refractivity contribution in [3.8, 4) is 0 Å². The van der Waals surface area contributed by atoms with Crippen LogP contribution in [0.4, 0.5) is 4.39 Å². The number of carbonyl (C=O) groups is 1. The Kier molecular flexibility index (Phi) is 6.92.